The number of nitrogens with zero attached hydrogens (tertiary/aromatic N) is 3. The van der Waals surface area contributed by atoms with Crippen LogP contribution in [-0.4, -0.2) is 39.9 Å². The lowest BCUT2D eigenvalue weighted by atomic mass is 9.99. The molecule has 0 radical (unpaired) electrons. The number of hydrogen-bond donors (Lipinski definition) is 1. The summed E-state index contributed by atoms with van der Waals surface area (Å²) in [5.41, 5.74) is 5.93. The molecular formula is C11H20N4. The Kier molecular flexibility index (Phi) is 3.38. The zero-order chi connectivity index (χ0) is 10.7. The van der Waals surface area contributed by atoms with Gasteiger partial charge in [-0.2, -0.15) is 5.10 Å². The summed E-state index contributed by atoms with van der Waals surface area (Å²) < 4.78 is 1.99. The Morgan fingerprint density at radius 1 is 1.47 bits per heavy atom. The van der Waals surface area contributed by atoms with Crippen molar-refractivity contribution in [3.63, 3.8) is 0 Å². The zero-order valence-electron chi connectivity index (χ0n) is 9.34. The first-order chi connectivity index (χ1) is 7.25. The Hall–Kier alpha value is -0.870. The third-order valence-electron chi connectivity index (χ3n) is 3.23. The Bertz CT molecular complexity index is 283. The molecule has 0 spiro atoms. The fourth-order valence-corrected chi connectivity index (χ4v) is 2.25. The molecule has 2 atom stereocenters. The summed E-state index contributed by atoms with van der Waals surface area (Å²) in [6.07, 6.45) is 6.10. The van der Waals surface area contributed by atoms with Crippen LogP contribution >= 0.6 is 0 Å². The van der Waals surface area contributed by atoms with Crippen molar-refractivity contribution < 1.29 is 0 Å². The molecule has 1 aliphatic rings. The predicted molar refractivity (Wildman–Crippen MR) is 60.5 cm³/mol. The minimum absolute atomic E-state index is 0.404. The maximum Gasteiger partial charge on any atom is 0.0536 e. The van der Waals surface area contributed by atoms with Gasteiger partial charge >= 0.3 is 0 Å². The molecule has 2 unspecified atom stereocenters. The van der Waals surface area contributed by atoms with Crippen LogP contribution in [0.15, 0.2) is 18.5 Å². The minimum atomic E-state index is 0.404. The summed E-state index contributed by atoms with van der Waals surface area (Å²) in [5.74, 6) is 0. The third kappa shape index (κ3) is 2.79. The summed E-state index contributed by atoms with van der Waals surface area (Å²) in [6, 6.07) is 2.99. The Morgan fingerprint density at radius 3 is 3.00 bits per heavy atom. The number of piperidine rings is 1. The molecule has 2 N–H and O–H groups in total. The van der Waals surface area contributed by atoms with Gasteiger partial charge in [-0.3, -0.25) is 9.58 Å². The maximum absolute atomic E-state index is 5.93. The van der Waals surface area contributed by atoms with Crippen molar-refractivity contribution in [2.75, 3.05) is 13.1 Å². The standard InChI is InChI=1S/C11H20N4/c1-10-9-11(12)3-6-14(10)7-8-15-5-2-4-13-15/h2,4-5,10-11H,3,6-9,12H2,1H3. The van der Waals surface area contributed by atoms with Gasteiger partial charge in [-0.15, -0.1) is 0 Å². The lowest BCUT2D eigenvalue weighted by molar-refractivity contribution is 0.141. The van der Waals surface area contributed by atoms with E-state index in [1.54, 1.807) is 0 Å². The van der Waals surface area contributed by atoms with Crippen molar-refractivity contribution in [1.82, 2.24) is 14.7 Å². The Balaban J connectivity index is 1.79. The van der Waals surface area contributed by atoms with Crippen LogP contribution in [0.5, 0.6) is 0 Å². The van der Waals surface area contributed by atoms with Gasteiger partial charge in [0.25, 0.3) is 0 Å². The van der Waals surface area contributed by atoms with Crippen LogP contribution in [0.2, 0.25) is 0 Å². The molecule has 4 heteroatoms. The highest BCUT2D eigenvalue weighted by atomic mass is 15.3. The van der Waals surface area contributed by atoms with Gasteiger partial charge in [-0.05, 0) is 32.4 Å². The van der Waals surface area contributed by atoms with E-state index in [1.165, 1.54) is 0 Å². The smallest absolute Gasteiger partial charge is 0.0536 e. The lowest BCUT2D eigenvalue weighted by Crippen LogP contribution is -2.46. The number of hydrogen-bond acceptors (Lipinski definition) is 3. The van der Waals surface area contributed by atoms with E-state index in [-0.39, 0.29) is 0 Å². The average Bonchev–Trinajstić information content (AvgIpc) is 2.69. The second kappa shape index (κ2) is 4.77. The fourth-order valence-electron chi connectivity index (χ4n) is 2.25. The topological polar surface area (TPSA) is 47.1 Å². The van der Waals surface area contributed by atoms with E-state index in [2.05, 4.69) is 16.9 Å². The van der Waals surface area contributed by atoms with Gasteiger partial charge in [-0.1, -0.05) is 0 Å². The summed E-state index contributed by atoms with van der Waals surface area (Å²) in [5, 5.41) is 4.21. The van der Waals surface area contributed by atoms with Crippen LogP contribution in [0.25, 0.3) is 0 Å². The number of nitrogens with two attached hydrogens (primary N) is 1. The van der Waals surface area contributed by atoms with E-state index in [0.717, 1.165) is 32.5 Å². The van der Waals surface area contributed by atoms with Crippen LogP contribution in [0.3, 0.4) is 0 Å². The molecular weight excluding hydrogens is 188 g/mol. The van der Waals surface area contributed by atoms with E-state index in [1.807, 2.05) is 23.1 Å². The van der Waals surface area contributed by atoms with Gasteiger partial charge in [0, 0.05) is 31.0 Å². The first-order valence-corrected chi connectivity index (χ1v) is 5.73. The normalized spacial score (nSPS) is 28.1. The maximum atomic E-state index is 5.93. The first kappa shape index (κ1) is 10.6. The molecule has 15 heavy (non-hydrogen) atoms. The molecule has 1 saturated heterocycles. The first-order valence-electron chi connectivity index (χ1n) is 5.73. The summed E-state index contributed by atoms with van der Waals surface area (Å²) in [6.45, 7) is 5.45. The molecule has 1 aromatic rings. The molecule has 1 aliphatic heterocycles. The average molecular weight is 208 g/mol. The van der Waals surface area contributed by atoms with Crippen molar-refractivity contribution in [3.05, 3.63) is 18.5 Å². The van der Waals surface area contributed by atoms with Crippen molar-refractivity contribution in [3.8, 4) is 0 Å². The third-order valence-corrected chi connectivity index (χ3v) is 3.23. The van der Waals surface area contributed by atoms with E-state index in [0.29, 0.717) is 12.1 Å². The molecule has 4 nitrogen and oxygen atoms in total. The van der Waals surface area contributed by atoms with Gasteiger partial charge in [0.05, 0.1) is 6.54 Å². The Labute approximate surface area is 91.1 Å². The number of likely N-dealkylation sites (tertiary alicyclic amines) is 1. The van der Waals surface area contributed by atoms with Gasteiger partial charge in [0.2, 0.25) is 0 Å². The van der Waals surface area contributed by atoms with E-state index >= 15 is 0 Å². The lowest BCUT2D eigenvalue weighted by Gasteiger charge is -2.36. The van der Waals surface area contributed by atoms with Crippen molar-refractivity contribution in [1.29, 1.82) is 0 Å². The molecule has 0 bridgehead atoms. The summed E-state index contributed by atoms with van der Waals surface area (Å²) >= 11 is 0. The van der Waals surface area contributed by atoms with Gasteiger partial charge < -0.3 is 5.73 Å². The molecule has 1 aromatic heterocycles. The molecule has 0 saturated carbocycles. The highest BCUT2D eigenvalue weighted by Crippen LogP contribution is 2.15. The fraction of sp³-hybridized carbons (Fsp3) is 0.727. The molecule has 1 fully saturated rings. The second-order valence-electron chi connectivity index (χ2n) is 4.44. The molecule has 0 amide bonds. The summed E-state index contributed by atoms with van der Waals surface area (Å²) in [4.78, 5) is 2.50. The molecule has 0 aliphatic carbocycles. The monoisotopic (exact) mass is 208 g/mol. The van der Waals surface area contributed by atoms with Crippen molar-refractivity contribution >= 4 is 0 Å². The second-order valence-corrected chi connectivity index (χ2v) is 4.44. The highest BCUT2D eigenvalue weighted by molar-refractivity contribution is 4.82. The van der Waals surface area contributed by atoms with Gasteiger partial charge in [-0.25, -0.2) is 0 Å². The van der Waals surface area contributed by atoms with Crippen LogP contribution < -0.4 is 5.73 Å². The largest absolute Gasteiger partial charge is 0.328 e. The number of rotatable bonds is 3. The molecule has 0 aromatic carbocycles. The van der Waals surface area contributed by atoms with E-state index < -0.39 is 0 Å². The van der Waals surface area contributed by atoms with E-state index in [4.69, 9.17) is 5.73 Å². The quantitative estimate of drug-likeness (QED) is 0.795. The predicted octanol–water partition coefficient (Wildman–Crippen LogP) is 0.695. The van der Waals surface area contributed by atoms with Crippen LogP contribution in [0, 0.1) is 0 Å². The van der Waals surface area contributed by atoms with E-state index in [9.17, 15) is 0 Å². The van der Waals surface area contributed by atoms with Gasteiger partial charge in [0.1, 0.15) is 0 Å². The molecule has 2 heterocycles. The van der Waals surface area contributed by atoms with Crippen LogP contribution in [-0.2, 0) is 6.54 Å². The van der Waals surface area contributed by atoms with Crippen molar-refractivity contribution in [2.24, 2.45) is 5.73 Å². The number of aromatic nitrogens is 2. The SMILES string of the molecule is CC1CC(N)CCN1CCn1cccn1. The zero-order valence-corrected chi connectivity index (χ0v) is 9.34. The highest BCUT2D eigenvalue weighted by Gasteiger charge is 2.22. The minimum Gasteiger partial charge on any atom is -0.328 e. The Morgan fingerprint density at radius 2 is 2.33 bits per heavy atom. The summed E-state index contributed by atoms with van der Waals surface area (Å²) in [7, 11) is 0. The van der Waals surface area contributed by atoms with Gasteiger partial charge in [0.15, 0.2) is 0 Å². The molecule has 2 rings (SSSR count). The van der Waals surface area contributed by atoms with Crippen LogP contribution in [0.4, 0.5) is 0 Å². The molecule has 84 valence electrons. The van der Waals surface area contributed by atoms with Crippen LogP contribution in [0.1, 0.15) is 19.8 Å². The van der Waals surface area contributed by atoms with Crippen molar-refractivity contribution in [2.45, 2.75) is 38.4 Å².